The molecule has 9 heteroatoms. The molecule has 0 saturated heterocycles. The summed E-state index contributed by atoms with van der Waals surface area (Å²) in [7, 11) is 0. The Morgan fingerprint density at radius 1 is 1.19 bits per heavy atom. The zero-order chi connectivity index (χ0) is 24.1. The van der Waals surface area contributed by atoms with Crippen LogP contribution in [0.5, 0.6) is 5.75 Å². The summed E-state index contributed by atoms with van der Waals surface area (Å²) in [5.41, 5.74) is -0.708. The maximum atomic E-state index is 13.4. The van der Waals surface area contributed by atoms with Crippen molar-refractivity contribution >= 4 is 28.9 Å². The monoisotopic (exact) mass is 467 g/mol. The van der Waals surface area contributed by atoms with E-state index in [-0.39, 0.29) is 17.9 Å². The number of alkyl halides is 3. The predicted octanol–water partition coefficient (Wildman–Crippen LogP) is 6.12. The van der Waals surface area contributed by atoms with Gasteiger partial charge in [0.25, 0.3) is 0 Å². The largest absolute Gasteiger partial charge is 0.490 e. The topological polar surface area (TPSA) is 65.4 Å². The molecule has 0 aliphatic heterocycles. The predicted molar refractivity (Wildman–Crippen MR) is 119 cm³/mol. The lowest BCUT2D eigenvalue weighted by Gasteiger charge is -2.32. The van der Waals surface area contributed by atoms with Gasteiger partial charge in [-0.2, -0.15) is 18.4 Å². The molecule has 0 fully saturated rings. The van der Waals surface area contributed by atoms with E-state index >= 15 is 0 Å². The van der Waals surface area contributed by atoms with Gasteiger partial charge in [0.2, 0.25) is 5.91 Å². The zero-order valence-corrected chi connectivity index (χ0v) is 19.1. The first-order valence-corrected chi connectivity index (χ1v) is 10.2. The molecule has 0 bridgehead atoms. The lowest BCUT2D eigenvalue weighted by Crippen LogP contribution is -2.36. The van der Waals surface area contributed by atoms with Gasteiger partial charge in [-0.25, -0.2) is 0 Å². The Kier molecular flexibility index (Phi) is 8.02. The van der Waals surface area contributed by atoms with Crippen molar-refractivity contribution in [2.24, 2.45) is 5.41 Å². The number of hydrogen-bond donors (Lipinski definition) is 1. The van der Waals surface area contributed by atoms with Crippen molar-refractivity contribution in [3.8, 4) is 11.8 Å². The smallest absolute Gasteiger partial charge is 0.417 e. The van der Waals surface area contributed by atoms with Crippen LogP contribution in [0.3, 0.4) is 0 Å². The fourth-order valence-electron chi connectivity index (χ4n) is 3.10. The highest BCUT2D eigenvalue weighted by Gasteiger charge is 2.34. The first-order chi connectivity index (χ1) is 14.8. The second kappa shape index (κ2) is 10.1. The molecule has 1 N–H and O–H groups in total. The van der Waals surface area contributed by atoms with Gasteiger partial charge in [0.05, 0.1) is 28.8 Å². The molecule has 0 aliphatic rings. The maximum Gasteiger partial charge on any atom is 0.417 e. The minimum atomic E-state index is -4.63. The first kappa shape index (κ1) is 25.3. The van der Waals surface area contributed by atoms with Crippen molar-refractivity contribution < 1.29 is 22.7 Å². The van der Waals surface area contributed by atoms with E-state index in [1.165, 1.54) is 19.1 Å². The number of hydrogen-bond acceptors (Lipinski definition) is 4. The van der Waals surface area contributed by atoms with Crippen LogP contribution in [0.25, 0.3) is 0 Å². The molecular formula is C23H25ClF3N3O2. The summed E-state index contributed by atoms with van der Waals surface area (Å²) < 4.78 is 46.0. The van der Waals surface area contributed by atoms with E-state index in [4.69, 9.17) is 21.6 Å². The fraction of sp³-hybridized carbons (Fsp3) is 0.391. The van der Waals surface area contributed by atoms with Crippen molar-refractivity contribution in [2.45, 2.75) is 33.9 Å². The van der Waals surface area contributed by atoms with E-state index in [9.17, 15) is 18.0 Å². The molecule has 2 aromatic carbocycles. The Bertz CT molecular complexity index is 1010. The van der Waals surface area contributed by atoms with Gasteiger partial charge in [0.1, 0.15) is 12.4 Å². The van der Waals surface area contributed by atoms with Crippen LogP contribution in [0, 0.1) is 16.7 Å². The van der Waals surface area contributed by atoms with Crippen LogP contribution in [0.1, 0.15) is 38.8 Å². The third-order valence-corrected chi connectivity index (χ3v) is 4.63. The average molecular weight is 468 g/mol. The van der Waals surface area contributed by atoms with Crippen LogP contribution >= 0.6 is 11.6 Å². The number of nitrogens with one attached hydrogen (secondary N) is 1. The molecule has 0 saturated carbocycles. The number of amides is 1. The molecule has 0 aromatic heterocycles. The van der Waals surface area contributed by atoms with Gasteiger partial charge in [0.15, 0.2) is 0 Å². The molecule has 0 radical (unpaired) electrons. The Hall–Kier alpha value is -2.92. The zero-order valence-electron chi connectivity index (χ0n) is 18.3. The lowest BCUT2D eigenvalue weighted by molar-refractivity contribution is -0.137. The number of rotatable bonds is 7. The summed E-state index contributed by atoms with van der Waals surface area (Å²) in [6.45, 7) is 8.25. The lowest BCUT2D eigenvalue weighted by atomic mass is 9.95. The molecule has 1 amide bonds. The summed E-state index contributed by atoms with van der Waals surface area (Å²) in [5.74, 6) is 0.167. The van der Waals surface area contributed by atoms with E-state index in [1.54, 1.807) is 29.2 Å². The molecule has 172 valence electrons. The van der Waals surface area contributed by atoms with Crippen molar-refractivity contribution in [1.29, 1.82) is 5.26 Å². The van der Waals surface area contributed by atoms with Crippen LogP contribution in [0.4, 0.5) is 24.5 Å². The van der Waals surface area contributed by atoms with Crippen molar-refractivity contribution in [2.75, 3.05) is 29.9 Å². The molecule has 0 unspecified atom stereocenters. The second-order valence-electron chi connectivity index (χ2n) is 8.50. The summed E-state index contributed by atoms with van der Waals surface area (Å²) in [4.78, 5) is 12.9. The Morgan fingerprint density at radius 3 is 2.41 bits per heavy atom. The third-order valence-electron chi connectivity index (χ3n) is 4.33. The summed E-state index contributed by atoms with van der Waals surface area (Å²) in [5, 5.41) is 12.0. The van der Waals surface area contributed by atoms with Crippen LogP contribution in [-0.4, -0.2) is 25.6 Å². The van der Waals surface area contributed by atoms with Gasteiger partial charge >= 0.3 is 6.18 Å². The quantitative estimate of drug-likeness (QED) is 0.532. The molecule has 0 aliphatic carbocycles. The third kappa shape index (κ3) is 7.34. The number of carbonyl (C=O) groups excluding carboxylic acids is 1. The Morgan fingerprint density at radius 2 is 1.88 bits per heavy atom. The normalized spacial score (nSPS) is 11.6. The summed E-state index contributed by atoms with van der Waals surface area (Å²) in [6, 6.07) is 10.1. The van der Waals surface area contributed by atoms with Crippen molar-refractivity contribution in [1.82, 2.24) is 0 Å². The van der Waals surface area contributed by atoms with Gasteiger partial charge in [-0.05, 0) is 41.8 Å². The summed E-state index contributed by atoms with van der Waals surface area (Å²) in [6.07, 6.45) is -4.63. The van der Waals surface area contributed by atoms with Gasteiger partial charge in [-0.3, -0.25) is 4.79 Å². The average Bonchev–Trinajstić information content (AvgIpc) is 2.66. The van der Waals surface area contributed by atoms with Crippen LogP contribution in [0.15, 0.2) is 36.4 Å². The van der Waals surface area contributed by atoms with Gasteiger partial charge in [0, 0.05) is 24.8 Å². The fourth-order valence-corrected chi connectivity index (χ4v) is 3.33. The van der Waals surface area contributed by atoms with Gasteiger partial charge in [-0.15, -0.1) is 0 Å². The maximum absolute atomic E-state index is 13.4. The van der Waals surface area contributed by atoms with Crippen LogP contribution < -0.4 is 15.0 Å². The molecule has 2 rings (SSSR count). The highest BCUT2D eigenvalue weighted by atomic mass is 35.5. The molecule has 32 heavy (non-hydrogen) atoms. The molecule has 0 heterocycles. The van der Waals surface area contributed by atoms with Crippen molar-refractivity contribution in [3.05, 3.63) is 52.5 Å². The number of nitriles is 1. The number of carbonyl (C=O) groups is 1. The molecule has 2 aromatic rings. The molecule has 0 atom stereocenters. The number of benzene rings is 2. The second-order valence-corrected chi connectivity index (χ2v) is 8.90. The highest BCUT2D eigenvalue weighted by molar-refractivity contribution is 6.32. The number of nitrogens with zero attached hydrogens (tertiary/aromatic N) is 2. The molecule has 5 nitrogen and oxygen atoms in total. The number of halogens is 4. The first-order valence-electron chi connectivity index (χ1n) is 9.86. The van der Waals surface area contributed by atoms with E-state index in [1.807, 2.05) is 20.8 Å². The van der Waals surface area contributed by atoms with E-state index in [0.717, 1.165) is 6.07 Å². The van der Waals surface area contributed by atoms with E-state index < -0.39 is 17.3 Å². The van der Waals surface area contributed by atoms with Crippen LogP contribution in [-0.2, 0) is 11.0 Å². The molecule has 0 spiro atoms. The van der Waals surface area contributed by atoms with Gasteiger partial charge in [-0.1, -0.05) is 32.4 Å². The standard InChI is InChI=1S/C23H25ClF3N3O2/c1-15(31)29-17-6-8-21(20(24)11-17)32-10-9-30(14-22(2,3)4)18-7-5-16(13-28)19(12-18)23(25,26)27/h5-8,11-12H,9-10,14H2,1-4H3,(H,29,31). The van der Waals surface area contributed by atoms with Gasteiger partial charge < -0.3 is 15.0 Å². The van der Waals surface area contributed by atoms with E-state index in [0.29, 0.717) is 35.2 Å². The number of ether oxygens (including phenoxy) is 1. The van der Waals surface area contributed by atoms with Crippen molar-refractivity contribution in [3.63, 3.8) is 0 Å². The minimum Gasteiger partial charge on any atom is -0.490 e. The Balaban J connectivity index is 2.21. The van der Waals surface area contributed by atoms with E-state index in [2.05, 4.69) is 5.32 Å². The Labute approximate surface area is 190 Å². The summed E-state index contributed by atoms with van der Waals surface area (Å²) >= 11 is 6.21. The highest BCUT2D eigenvalue weighted by Crippen LogP contribution is 2.35. The molecular weight excluding hydrogens is 443 g/mol. The number of anilines is 2. The van der Waals surface area contributed by atoms with Crippen LogP contribution in [0.2, 0.25) is 5.02 Å². The SMILES string of the molecule is CC(=O)Nc1ccc(OCCN(CC(C)(C)C)c2ccc(C#N)c(C(F)(F)F)c2)c(Cl)c1. The minimum absolute atomic E-state index is 0.163.